The van der Waals surface area contributed by atoms with E-state index in [4.69, 9.17) is 10.3 Å². The minimum Gasteiger partial charge on any atom is -0.396 e. The fourth-order valence-electron chi connectivity index (χ4n) is 2.45. The molecule has 0 bridgehead atoms. The van der Waals surface area contributed by atoms with Crippen molar-refractivity contribution in [2.45, 2.75) is 31.4 Å². The number of alkyl halides is 2. The van der Waals surface area contributed by atoms with Gasteiger partial charge in [-0.3, -0.25) is 14.8 Å². The van der Waals surface area contributed by atoms with Gasteiger partial charge in [-0.1, -0.05) is 11.8 Å². The third kappa shape index (κ3) is 5.75. The Kier molecular flexibility index (Phi) is 7.29. The number of halogens is 2. The van der Waals surface area contributed by atoms with Crippen LogP contribution in [0.25, 0.3) is 0 Å². The first kappa shape index (κ1) is 22.3. The summed E-state index contributed by atoms with van der Waals surface area (Å²) < 4.78 is 26.0. The number of amides is 2. The number of aliphatic hydroxyl groups excluding tert-OH is 1. The van der Waals surface area contributed by atoms with Crippen LogP contribution in [0.3, 0.4) is 0 Å². The van der Waals surface area contributed by atoms with Crippen molar-refractivity contribution in [1.29, 1.82) is 0 Å². The van der Waals surface area contributed by atoms with E-state index in [9.17, 15) is 23.5 Å². The second kappa shape index (κ2) is 9.48. The lowest BCUT2D eigenvalue weighted by Gasteiger charge is -2.30. The maximum Gasteiger partial charge on any atom is 0.269 e. The molecule has 1 aliphatic rings. The van der Waals surface area contributed by atoms with Crippen LogP contribution in [0.1, 0.15) is 29.3 Å². The van der Waals surface area contributed by atoms with Crippen LogP contribution in [0.15, 0.2) is 24.3 Å². The average Bonchev–Trinajstić information content (AvgIpc) is 3.47. The topological polar surface area (TPSA) is 119 Å². The maximum atomic E-state index is 13.0. The summed E-state index contributed by atoms with van der Waals surface area (Å²) in [5.41, 5.74) is -1.17. The molecular weight excluding hydrogens is 386 g/mol. The van der Waals surface area contributed by atoms with Crippen molar-refractivity contribution in [3.63, 3.8) is 0 Å². The standard InChI is InChI=1S/C20H20F2N2O5/c1-20(28,19(21)22)16(18(27)24-29)23-17(26)13-8-6-12(7-9-13)4-2-3-5-14-10-15(14)11-25/h6-9,14-16,19,25,28-29H,10-11H2,1H3,(H,23,26)(H,24,27)/t14?,15?,16-,20?/m1/s1. The van der Waals surface area contributed by atoms with Crippen LogP contribution >= 0.6 is 0 Å². The number of benzene rings is 1. The SMILES string of the molecule is CC(O)(C(F)F)[C@H](NC(=O)c1ccc(C#CC#CC2CC2CO)cc1)C(=O)NO. The highest BCUT2D eigenvalue weighted by Gasteiger charge is 2.46. The number of nitrogens with one attached hydrogen (secondary N) is 2. The molecule has 29 heavy (non-hydrogen) atoms. The Morgan fingerprint density at radius 2 is 1.93 bits per heavy atom. The number of carbonyl (C=O) groups is 2. The first-order valence-corrected chi connectivity index (χ1v) is 8.68. The first-order valence-electron chi connectivity index (χ1n) is 8.68. The molecule has 0 saturated heterocycles. The summed E-state index contributed by atoms with van der Waals surface area (Å²) in [5.74, 6) is 9.19. The van der Waals surface area contributed by atoms with Gasteiger partial charge in [0.15, 0.2) is 5.60 Å². The molecule has 4 atom stereocenters. The summed E-state index contributed by atoms with van der Waals surface area (Å²) in [5, 5.41) is 29.4. The molecule has 0 aliphatic heterocycles. The third-order valence-electron chi connectivity index (χ3n) is 4.51. The van der Waals surface area contributed by atoms with Crippen molar-refractivity contribution in [3.8, 4) is 23.7 Å². The van der Waals surface area contributed by atoms with Crippen LogP contribution in [0, 0.1) is 35.5 Å². The van der Waals surface area contributed by atoms with Crippen molar-refractivity contribution in [1.82, 2.24) is 10.8 Å². The van der Waals surface area contributed by atoms with Gasteiger partial charge in [0.05, 0.1) is 0 Å². The van der Waals surface area contributed by atoms with Crippen molar-refractivity contribution in [3.05, 3.63) is 35.4 Å². The van der Waals surface area contributed by atoms with E-state index in [1.165, 1.54) is 24.3 Å². The van der Waals surface area contributed by atoms with Gasteiger partial charge in [0.2, 0.25) is 0 Å². The molecular formula is C20H20F2N2O5. The summed E-state index contributed by atoms with van der Waals surface area (Å²) in [7, 11) is 0. The van der Waals surface area contributed by atoms with Gasteiger partial charge in [-0.05, 0) is 55.4 Å². The number of rotatable bonds is 6. The van der Waals surface area contributed by atoms with Crippen LogP contribution in [-0.2, 0) is 4.79 Å². The number of hydrogen-bond acceptors (Lipinski definition) is 5. The molecule has 1 aromatic carbocycles. The Hall–Kier alpha value is -2.98. The van der Waals surface area contributed by atoms with E-state index in [1.807, 2.05) is 5.32 Å². The van der Waals surface area contributed by atoms with E-state index in [0.717, 1.165) is 11.9 Å². The zero-order valence-corrected chi connectivity index (χ0v) is 15.4. The molecule has 0 aromatic heterocycles. The molecule has 9 heteroatoms. The lowest BCUT2D eigenvalue weighted by atomic mass is 9.95. The minimum absolute atomic E-state index is 0.0335. The van der Waals surface area contributed by atoms with Crippen LogP contribution < -0.4 is 10.8 Å². The normalized spacial score (nSPS) is 20.2. The van der Waals surface area contributed by atoms with E-state index in [-0.39, 0.29) is 24.0 Å². The summed E-state index contributed by atoms with van der Waals surface area (Å²) in [4.78, 5) is 23.9. The van der Waals surface area contributed by atoms with Crippen LogP contribution in [0.5, 0.6) is 0 Å². The lowest BCUT2D eigenvalue weighted by Crippen LogP contribution is -2.61. The second-order valence-corrected chi connectivity index (χ2v) is 6.79. The Bertz CT molecular complexity index is 878. The van der Waals surface area contributed by atoms with E-state index < -0.39 is 29.9 Å². The van der Waals surface area contributed by atoms with Crippen LogP contribution in [0.2, 0.25) is 0 Å². The highest BCUT2D eigenvalue weighted by Crippen LogP contribution is 2.36. The Morgan fingerprint density at radius 1 is 1.28 bits per heavy atom. The quantitative estimate of drug-likeness (QED) is 0.264. The fourth-order valence-corrected chi connectivity index (χ4v) is 2.45. The molecule has 2 rings (SSSR count). The predicted octanol–water partition coefficient (Wildman–Crippen LogP) is 0.290. The second-order valence-electron chi connectivity index (χ2n) is 6.79. The molecule has 1 fully saturated rings. The molecule has 7 nitrogen and oxygen atoms in total. The predicted molar refractivity (Wildman–Crippen MR) is 97.6 cm³/mol. The zero-order chi connectivity index (χ0) is 21.6. The highest BCUT2D eigenvalue weighted by molar-refractivity contribution is 5.97. The zero-order valence-electron chi connectivity index (χ0n) is 15.4. The molecule has 154 valence electrons. The molecule has 0 spiro atoms. The number of hydroxylamine groups is 1. The Balaban J connectivity index is 2.05. The van der Waals surface area contributed by atoms with Crippen LogP contribution in [-0.4, -0.2) is 51.9 Å². The van der Waals surface area contributed by atoms with Gasteiger partial charge in [0.25, 0.3) is 18.2 Å². The highest BCUT2D eigenvalue weighted by atomic mass is 19.3. The maximum absolute atomic E-state index is 13.0. The van der Waals surface area contributed by atoms with E-state index in [2.05, 4.69) is 23.7 Å². The third-order valence-corrected chi connectivity index (χ3v) is 4.51. The van der Waals surface area contributed by atoms with E-state index in [0.29, 0.717) is 12.5 Å². The summed E-state index contributed by atoms with van der Waals surface area (Å²) in [6, 6.07) is 3.65. The van der Waals surface area contributed by atoms with Gasteiger partial charge in [-0.2, -0.15) is 0 Å². The molecule has 1 saturated carbocycles. The smallest absolute Gasteiger partial charge is 0.269 e. The fraction of sp³-hybridized carbons (Fsp3) is 0.400. The summed E-state index contributed by atoms with van der Waals surface area (Å²) in [6.07, 6.45) is -2.49. The summed E-state index contributed by atoms with van der Waals surface area (Å²) in [6.45, 7) is 0.784. The molecule has 3 unspecified atom stereocenters. The van der Waals surface area contributed by atoms with Gasteiger partial charge in [0, 0.05) is 23.7 Å². The van der Waals surface area contributed by atoms with Crippen molar-refractivity contribution in [2.75, 3.05) is 6.61 Å². The van der Waals surface area contributed by atoms with Crippen LogP contribution in [0.4, 0.5) is 8.78 Å². The van der Waals surface area contributed by atoms with E-state index >= 15 is 0 Å². The average molecular weight is 406 g/mol. The molecule has 0 radical (unpaired) electrons. The first-order chi connectivity index (χ1) is 13.7. The molecule has 2 amide bonds. The molecule has 1 aromatic rings. The monoisotopic (exact) mass is 406 g/mol. The van der Waals surface area contributed by atoms with Crippen molar-refractivity contribution >= 4 is 11.8 Å². The number of hydrogen-bond donors (Lipinski definition) is 5. The van der Waals surface area contributed by atoms with Gasteiger partial charge < -0.3 is 15.5 Å². The minimum atomic E-state index is -3.35. The molecule has 0 heterocycles. The van der Waals surface area contributed by atoms with Gasteiger partial charge >= 0.3 is 0 Å². The Labute approximate surface area is 166 Å². The van der Waals surface area contributed by atoms with Crippen molar-refractivity contribution in [2.24, 2.45) is 11.8 Å². The van der Waals surface area contributed by atoms with Crippen molar-refractivity contribution < 1.29 is 33.8 Å². The molecule has 1 aliphatic carbocycles. The number of aliphatic hydroxyl groups is 2. The number of carbonyl (C=O) groups excluding carboxylic acids is 2. The van der Waals surface area contributed by atoms with Gasteiger partial charge in [-0.15, -0.1) is 0 Å². The molecule has 5 N–H and O–H groups in total. The lowest BCUT2D eigenvalue weighted by molar-refractivity contribution is -0.149. The largest absolute Gasteiger partial charge is 0.396 e. The van der Waals surface area contributed by atoms with Gasteiger partial charge in [-0.25, -0.2) is 14.3 Å². The van der Waals surface area contributed by atoms with Gasteiger partial charge in [0.1, 0.15) is 6.04 Å². The Morgan fingerprint density at radius 3 is 2.45 bits per heavy atom. The summed E-state index contributed by atoms with van der Waals surface area (Å²) >= 11 is 0. The van der Waals surface area contributed by atoms with E-state index in [1.54, 1.807) is 0 Å².